The molecule has 0 aromatic carbocycles. The van der Waals surface area contributed by atoms with Gasteiger partial charge in [-0.05, 0) is 32.9 Å². The second-order valence-corrected chi connectivity index (χ2v) is 8.33. The fraction of sp³-hybridized carbons (Fsp3) is 0.467. The van der Waals surface area contributed by atoms with Crippen LogP contribution in [-0.2, 0) is 10.0 Å². The monoisotopic (exact) mass is 418 g/mol. The van der Waals surface area contributed by atoms with E-state index in [4.69, 9.17) is 11.6 Å². The van der Waals surface area contributed by atoms with Gasteiger partial charge >= 0.3 is 6.03 Å². The summed E-state index contributed by atoms with van der Waals surface area (Å²) in [6.45, 7) is 5.14. The summed E-state index contributed by atoms with van der Waals surface area (Å²) in [4.78, 5) is 23.8. The number of aliphatic hydroxyl groups excluding tert-OH is 1. The largest absolute Gasteiger partial charge is 0.372 e. The van der Waals surface area contributed by atoms with Gasteiger partial charge in [-0.25, -0.2) is 27.9 Å². The summed E-state index contributed by atoms with van der Waals surface area (Å²) in [5.41, 5.74) is -2.06. The molecule has 1 aromatic rings. The van der Waals surface area contributed by atoms with Gasteiger partial charge in [0.2, 0.25) is 5.50 Å². The molecule has 1 aliphatic rings. The Labute approximate surface area is 163 Å². The SMILES string of the molecule is CC(C)(C)NC(=O)NS(=O)(=O)C1N=CC=CN1C(O)CCl.c1cncnc1. The minimum Gasteiger partial charge on any atom is -0.372 e. The third-order valence-corrected chi connectivity index (χ3v) is 4.44. The molecule has 150 valence electrons. The number of rotatable bonds is 4. The van der Waals surface area contributed by atoms with Gasteiger partial charge in [-0.2, -0.15) is 0 Å². The molecule has 10 nitrogen and oxygen atoms in total. The Morgan fingerprint density at radius 2 is 1.96 bits per heavy atom. The number of amides is 2. The summed E-state index contributed by atoms with van der Waals surface area (Å²) < 4.78 is 26.3. The third kappa shape index (κ3) is 8.33. The number of aliphatic imine (C=N–C) groups is 1. The van der Waals surface area contributed by atoms with Gasteiger partial charge in [0, 0.05) is 30.3 Å². The molecule has 0 aliphatic carbocycles. The number of nitrogens with zero attached hydrogens (tertiary/aromatic N) is 4. The van der Waals surface area contributed by atoms with Gasteiger partial charge in [0.15, 0.2) is 0 Å². The summed E-state index contributed by atoms with van der Waals surface area (Å²) >= 11 is 5.52. The fourth-order valence-corrected chi connectivity index (χ4v) is 3.12. The highest BCUT2D eigenvalue weighted by Crippen LogP contribution is 2.16. The van der Waals surface area contributed by atoms with Gasteiger partial charge in [-0.15, -0.1) is 11.6 Å². The first-order valence-corrected chi connectivity index (χ1v) is 9.90. The highest BCUT2D eigenvalue weighted by Gasteiger charge is 2.35. The van der Waals surface area contributed by atoms with Crippen LogP contribution in [0.1, 0.15) is 20.8 Å². The molecule has 0 bridgehead atoms. The summed E-state index contributed by atoms with van der Waals surface area (Å²) in [5, 5.41) is 12.2. The van der Waals surface area contributed by atoms with E-state index in [2.05, 4.69) is 20.3 Å². The van der Waals surface area contributed by atoms with Gasteiger partial charge in [0.05, 0.1) is 5.88 Å². The Balaban J connectivity index is 0.000000511. The second-order valence-electron chi connectivity index (χ2n) is 6.30. The lowest BCUT2D eigenvalue weighted by atomic mass is 10.1. The summed E-state index contributed by atoms with van der Waals surface area (Å²) in [6.07, 6.45) is 7.69. The van der Waals surface area contributed by atoms with Crippen molar-refractivity contribution in [2.24, 2.45) is 4.99 Å². The molecule has 2 atom stereocenters. The Morgan fingerprint density at radius 1 is 1.33 bits per heavy atom. The van der Waals surface area contributed by atoms with Gasteiger partial charge < -0.3 is 15.3 Å². The number of nitrogens with one attached hydrogen (secondary N) is 2. The molecule has 12 heteroatoms. The van der Waals surface area contributed by atoms with Crippen LogP contribution in [0.5, 0.6) is 0 Å². The number of carbonyl (C=O) groups is 1. The molecule has 2 rings (SSSR count). The second kappa shape index (κ2) is 10.2. The maximum absolute atomic E-state index is 12.2. The summed E-state index contributed by atoms with van der Waals surface area (Å²) in [6, 6.07) is 0.910. The van der Waals surface area contributed by atoms with Crippen LogP contribution in [0, 0.1) is 0 Å². The summed E-state index contributed by atoms with van der Waals surface area (Å²) in [5.74, 6) is -0.208. The number of carbonyl (C=O) groups excluding carboxylic acids is 1. The molecule has 1 aliphatic heterocycles. The van der Waals surface area contributed by atoms with Crippen molar-refractivity contribution in [3.63, 3.8) is 0 Å². The molecule has 0 spiro atoms. The van der Waals surface area contributed by atoms with E-state index in [1.165, 1.54) is 24.8 Å². The van der Waals surface area contributed by atoms with Crippen molar-refractivity contribution < 1.29 is 18.3 Å². The molecule has 2 heterocycles. The van der Waals surface area contributed by atoms with Gasteiger partial charge in [0.25, 0.3) is 10.0 Å². The smallest absolute Gasteiger partial charge is 0.328 e. The van der Waals surface area contributed by atoms with Crippen LogP contribution >= 0.6 is 11.6 Å². The number of urea groups is 1. The van der Waals surface area contributed by atoms with Crippen molar-refractivity contribution in [1.29, 1.82) is 0 Å². The number of allylic oxidation sites excluding steroid dienone is 1. The maximum Gasteiger partial charge on any atom is 0.328 e. The predicted molar refractivity (Wildman–Crippen MR) is 102 cm³/mol. The Morgan fingerprint density at radius 3 is 2.41 bits per heavy atom. The number of alkyl halides is 1. The van der Waals surface area contributed by atoms with Crippen molar-refractivity contribution in [1.82, 2.24) is 24.9 Å². The van der Waals surface area contributed by atoms with E-state index in [0.29, 0.717) is 0 Å². The van der Waals surface area contributed by atoms with E-state index in [0.717, 1.165) is 4.90 Å². The van der Waals surface area contributed by atoms with Gasteiger partial charge in [-0.1, -0.05) is 0 Å². The molecule has 0 radical (unpaired) electrons. The third-order valence-electron chi connectivity index (χ3n) is 2.77. The number of aliphatic hydroxyl groups is 1. The molecule has 1 aromatic heterocycles. The van der Waals surface area contributed by atoms with Crippen LogP contribution in [0.2, 0.25) is 0 Å². The average Bonchev–Trinajstić information content (AvgIpc) is 2.61. The number of hydrogen-bond acceptors (Lipinski definition) is 8. The van der Waals surface area contributed by atoms with Crippen LogP contribution in [-0.4, -0.2) is 63.8 Å². The zero-order valence-electron chi connectivity index (χ0n) is 15.2. The first kappa shape index (κ1) is 22.8. The van der Waals surface area contributed by atoms with E-state index >= 15 is 0 Å². The quantitative estimate of drug-likeness (QED) is 0.610. The highest BCUT2D eigenvalue weighted by atomic mass is 35.5. The van der Waals surface area contributed by atoms with E-state index in [1.54, 1.807) is 39.2 Å². The fourth-order valence-electron chi connectivity index (χ4n) is 1.78. The van der Waals surface area contributed by atoms with Crippen LogP contribution in [0.15, 0.2) is 42.1 Å². The van der Waals surface area contributed by atoms with Crippen molar-refractivity contribution in [2.75, 3.05) is 5.88 Å². The normalized spacial score (nSPS) is 17.5. The van der Waals surface area contributed by atoms with Crippen molar-refractivity contribution >= 4 is 33.9 Å². The molecule has 0 fully saturated rings. The van der Waals surface area contributed by atoms with Crippen molar-refractivity contribution in [3.05, 3.63) is 37.1 Å². The van der Waals surface area contributed by atoms with E-state index in [9.17, 15) is 18.3 Å². The highest BCUT2D eigenvalue weighted by molar-refractivity contribution is 7.90. The topological polar surface area (TPSA) is 137 Å². The molecular formula is C15H23ClN6O4S. The standard InChI is InChI=1S/C11H19ClN4O4S.C4H4N2/c1-11(2,3)14-9(18)15-21(19,20)10-13-5-4-6-16(10)8(17)7-12;1-2-5-4-6-3-1/h4-6,8,10,17H,7H2,1-3H3,(H2,14,15,18);1-4H. The lowest BCUT2D eigenvalue weighted by molar-refractivity contribution is 0.0485. The van der Waals surface area contributed by atoms with Gasteiger partial charge in [0.1, 0.15) is 12.6 Å². The van der Waals surface area contributed by atoms with Gasteiger partial charge in [-0.3, -0.25) is 4.99 Å². The Bertz CT molecular complexity index is 725. The predicted octanol–water partition coefficient (Wildman–Crippen LogP) is 0.631. The minimum absolute atomic E-state index is 0.208. The Hall–Kier alpha value is -2.24. The molecular weight excluding hydrogens is 396 g/mol. The zero-order valence-corrected chi connectivity index (χ0v) is 16.7. The van der Waals surface area contributed by atoms with E-state index in [-0.39, 0.29) is 5.88 Å². The zero-order chi connectivity index (χ0) is 20.5. The number of sulfonamides is 1. The van der Waals surface area contributed by atoms with Crippen LogP contribution < -0.4 is 10.0 Å². The lowest BCUT2D eigenvalue weighted by Crippen LogP contribution is -2.54. The molecule has 2 amide bonds. The molecule has 0 saturated heterocycles. The number of hydrogen-bond donors (Lipinski definition) is 3. The Kier molecular flexibility index (Phi) is 8.60. The first-order valence-electron chi connectivity index (χ1n) is 7.82. The molecule has 27 heavy (non-hydrogen) atoms. The number of aromatic nitrogens is 2. The maximum atomic E-state index is 12.2. The van der Waals surface area contributed by atoms with Crippen LogP contribution in [0.25, 0.3) is 0 Å². The first-order chi connectivity index (χ1) is 12.6. The molecule has 0 saturated carbocycles. The summed E-state index contributed by atoms with van der Waals surface area (Å²) in [7, 11) is -4.16. The minimum atomic E-state index is -4.16. The van der Waals surface area contributed by atoms with Crippen molar-refractivity contribution in [2.45, 2.75) is 38.0 Å². The van der Waals surface area contributed by atoms with Crippen molar-refractivity contribution in [3.8, 4) is 0 Å². The molecule has 2 unspecified atom stereocenters. The van der Waals surface area contributed by atoms with Crippen LogP contribution in [0.3, 0.4) is 0 Å². The lowest BCUT2D eigenvalue weighted by Gasteiger charge is -2.32. The van der Waals surface area contributed by atoms with E-state index in [1.807, 2.05) is 4.72 Å². The molecule has 3 N–H and O–H groups in total. The average molecular weight is 419 g/mol. The van der Waals surface area contributed by atoms with E-state index < -0.39 is 33.3 Å². The van der Waals surface area contributed by atoms with Crippen LogP contribution in [0.4, 0.5) is 4.79 Å². The number of halogens is 1.